The minimum atomic E-state index is -0.972. The predicted octanol–water partition coefficient (Wildman–Crippen LogP) is 2.06. The molecule has 118 valence electrons. The number of carbonyl (C=O) groups is 1. The lowest BCUT2D eigenvalue weighted by Gasteiger charge is -2.42. The first-order valence-electron chi connectivity index (χ1n) is 7.39. The molecule has 2 N–H and O–H groups in total. The van der Waals surface area contributed by atoms with Crippen LogP contribution in [-0.2, 0) is 19.8 Å². The van der Waals surface area contributed by atoms with Gasteiger partial charge in [0.05, 0.1) is 6.61 Å². The third-order valence-corrected chi connectivity index (χ3v) is 4.58. The summed E-state index contributed by atoms with van der Waals surface area (Å²) < 4.78 is 10.8. The summed E-state index contributed by atoms with van der Waals surface area (Å²) in [5.74, 6) is 0.353. The second-order valence-electron chi connectivity index (χ2n) is 5.71. The second-order valence-corrected chi connectivity index (χ2v) is 6.12. The summed E-state index contributed by atoms with van der Waals surface area (Å²) in [5.41, 5.74) is 5.82. The SMILES string of the molecule is COCC(N)C1=NC2(c3ccccc3Cl)CCC[C@H](O1)C2=O. The van der Waals surface area contributed by atoms with Crippen LogP contribution in [-0.4, -0.2) is 37.5 Å². The number of rotatable bonds is 4. The molecule has 1 aliphatic heterocycles. The first-order valence-corrected chi connectivity index (χ1v) is 7.76. The molecule has 6 heteroatoms. The molecule has 5 nitrogen and oxygen atoms in total. The summed E-state index contributed by atoms with van der Waals surface area (Å²) in [5, 5.41) is 0.543. The van der Waals surface area contributed by atoms with Gasteiger partial charge in [-0.15, -0.1) is 0 Å². The molecule has 2 bridgehead atoms. The molecular formula is C16H19ClN2O3. The van der Waals surface area contributed by atoms with Gasteiger partial charge >= 0.3 is 0 Å². The third-order valence-electron chi connectivity index (χ3n) is 4.25. The Kier molecular flexibility index (Phi) is 4.21. The van der Waals surface area contributed by atoms with Crippen LogP contribution in [0, 0.1) is 0 Å². The molecule has 1 aliphatic carbocycles. The van der Waals surface area contributed by atoms with Crippen LogP contribution in [0.25, 0.3) is 0 Å². The number of carbonyl (C=O) groups excluding carboxylic acids is 1. The first-order chi connectivity index (χ1) is 10.6. The maximum atomic E-state index is 12.8. The van der Waals surface area contributed by atoms with E-state index in [1.807, 2.05) is 18.2 Å². The van der Waals surface area contributed by atoms with Crippen LogP contribution in [0.1, 0.15) is 24.8 Å². The third kappa shape index (κ3) is 2.43. The van der Waals surface area contributed by atoms with Gasteiger partial charge in [0, 0.05) is 17.7 Å². The van der Waals surface area contributed by atoms with Crippen molar-refractivity contribution in [3.8, 4) is 0 Å². The summed E-state index contributed by atoms with van der Waals surface area (Å²) in [6.07, 6.45) is 1.67. The van der Waals surface area contributed by atoms with E-state index in [-0.39, 0.29) is 5.78 Å². The number of ether oxygens (including phenoxy) is 2. The molecule has 3 rings (SSSR count). The number of fused-ring (bicyclic) bond motifs is 2. The zero-order valence-corrected chi connectivity index (χ0v) is 13.2. The van der Waals surface area contributed by atoms with E-state index < -0.39 is 17.7 Å². The molecule has 1 saturated carbocycles. The number of hydrogen-bond acceptors (Lipinski definition) is 5. The number of nitrogens with zero attached hydrogens (tertiary/aromatic N) is 1. The van der Waals surface area contributed by atoms with Crippen LogP contribution in [0.5, 0.6) is 0 Å². The van der Waals surface area contributed by atoms with Gasteiger partial charge in [0.25, 0.3) is 0 Å². The maximum absolute atomic E-state index is 12.8. The molecule has 3 atom stereocenters. The maximum Gasteiger partial charge on any atom is 0.205 e. The number of halogens is 1. The lowest BCUT2D eigenvalue weighted by molar-refractivity contribution is -0.137. The van der Waals surface area contributed by atoms with Crippen molar-refractivity contribution in [2.24, 2.45) is 10.7 Å². The Morgan fingerprint density at radius 2 is 2.32 bits per heavy atom. The largest absolute Gasteiger partial charge is 0.468 e. The number of methoxy groups -OCH3 is 1. The predicted molar refractivity (Wildman–Crippen MR) is 84.1 cm³/mol. The molecule has 1 aromatic rings. The summed E-state index contributed by atoms with van der Waals surface area (Å²) in [4.78, 5) is 17.5. The highest BCUT2D eigenvalue weighted by Crippen LogP contribution is 2.44. The van der Waals surface area contributed by atoms with Crippen molar-refractivity contribution < 1.29 is 14.3 Å². The summed E-state index contributed by atoms with van der Waals surface area (Å²) in [6.45, 7) is 0.290. The van der Waals surface area contributed by atoms with Crippen molar-refractivity contribution in [2.75, 3.05) is 13.7 Å². The van der Waals surface area contributed by atoms with E-state index in [0.717, 1.165) is 12.0 Å². The van der Waals surface area contributed by atoms with E-state index in [2.05, 4.69) is 4.99 Å². The molecule has 0 radical (unpaired) electrons. The average Bonchev–Trinajstić information content (AvgIpc) is 2.48. The minimum Gasteiger partial charge on any atom is -0.468 e. The van der Waals surface area contributed by atoms with E-state index >= 15 is 0 Å². The highest BCUT2D eigenvalue weighted by Gasteiger charge is 2.52. The Labute approximate surface area is 134 Å². The summed E-state index contributed by atoms with van der Waals surface area (Å²) >= 11 is 6.33. The van der Waals surface area contributed by atoms with Crippen LogP contribution in [0.15, 0.2) is 29.3 Å². The number of ketones is 1. The smallest absolute Gasteiger partial charge is 0.205 e. The average molecular weight is 323 g/mol. The normalized spacial score (nSPS) is 28.8. The lowest BCUT2D eigenvalue weighted by atomic mass is 9.74. The fourth-order valence-electron chi connectivity index (χ4n) is 3.19. The molecule has 0 aromatic heterocycles. The highest BCUT2D eigenvalue weighted by atomic mass is 35.5. The molecule has 2 unspecified atom stereocenters. The van der Waals surface area contributed by atoms with Gasteiger partial charge < -0.3 is 15.2 Å². The summed E-state index contributed by atoms with van der Waals surface area (Å²) in [6, 6.07) is 6.86. The Morgan fingerprint density at radius 3 is 3.05 bits per heavy atom. The summed E-state index contributed by atoms with van der Waals surface area (Å²) in [7, 11) is 1.57. The minimum absolute atomic E-state index is 0.0276. The van der Waals surface area contributed by atoms with E-state index in [9.17, 15) is 4.79 Å². The molecule has 1 aromatic carbocycles. The molecule has 0 amide bonds. The highest BCUT2D eigenvalue weighted by molar-refractivity contribution is 6.32. The Hall–Kier alpha value is -1.43. The zero-order chi connectivity index (χ0) is 15.7. The Bertz CT molecular complexity index is 619. The van der Waals surface area contributed by atoms with Crippen molar-refractivity contribution in [3.63, 3.8) is 0 Å². The van der Waals surface area contributed by atoms with Gasteiger partial charge in [0.1, 0.15) is 6.04 Å². The molecule has 1 heterocycles. The van der Waals surface area contributed by atoms with Crippen molar-refractivity contribution >= 4 is 23.3 Å². The number of benzene rings is 1. The second kappa shape index (κ2) is 5.99. The van der Waals surface area contributed by atoms with Gasteiger partial charge in [-0.1, -0.05) is 29.8 Å². The molecule has 22 heavy (non-hydrogen) atoms. The topological polar surface area (TPSA) is 73.9 Å². The van der Waals surface area contributed by atoms with Crippen LogP contribution in [0.2, 0.25) is 5.02 Å². The van der Waals surface area contributed by atoms with E-state index in [1.165, 1.54) is 0 Å². The Balaban J connectivity index is 2.10. The fourth-order valence-corrected chi connectivity index (χ4v) is 3.49. The monoisotopic (exact) mass is 322 g/mol. The number of hydrogen-bond donors (Lipinski definition) is 1. The van der Waals surface area contributed by atoms with Crippen LogP contribution in [0.3, 0.4) is 0 Å². The molecule has 0 spiro atoms. The standard InChI is InChI=1S/C16H19ClN2O3/c1-21-9-12(18)15-19-16(10-5-2-3-6-11(10)17)8-4-7-13(22-15)14(16)20/h2-3,5-6,12-13H,4,7-9,18H2,1H3/t12?,13-,16?/m0/s1. The lowest BCUT2D eigenvalue weighted by Crippen LogP contribution is -2.54. The van der Waals surface area contributed by atoms with Crippen LogP contribution < -0.4 is 5.73 Å². The molecule has 2 aliphatic rings. The molecule has 0 saturated heterocycles. The number of nitrogens with two attached hydrogens (primary N) is 1. The van der Waals surface area contributed by atoms with Crippen LogP contribution >= 0.6 is 11.6 Å². The number of Topliss-reactive ketones (excluding diaryl/α,β-unsaturated/α-hetero) is 1. The van der Waals surface area contributed by atoms with Crippen molar-refractivity contribution in [1.82, 2.24) is 0 Å². The van der Waals surface area contributed by atoms with Gasteiger partial charge in [0.15, 0.2) is 11.6 Å². The van der Waals surface area contributed by atoms with Gasteiger partial charge in [-0.25, -0.2) is 4.99 Å². The fraction of sp³-hybridized carbons (Fsp3) is 0.500. The zero-order valence-electron chi connectivity index (χ0n) is 12.4. The van der Waals surface area contributed by atoms with Gasteiger partial charge in [-0.05, 0) is 25.3 Å². The van der Waals surface area contributed by atoms with E-state index in [0.29, 0.717) is 30.4 Å². The van der Waals surface area contributed by atoms with Crippen molar-refractivity contribution in [2.45, 2.75) is 36.9 Å². The Morgan fingerprint density at radius 1 is 1.55 bits per heavy atom. The van der Waals surface area contributed by atoms with Crippen molar-refractivity contribution in [3.05, 3.63) is 34.9 Å². The first kappa shape index (κ1) is 15.5. The molecular weight excluding hydrogens is 304 g/mol. The van der Waals surface area contributed by atoms with Crippen molar-refractivity contribution in [1.29, 1.82) is 0 Å². The van der Waals surface area contributed by atoms with Gasteiger partial charge in [0.2, 0.25) is 11.7 Å². The van der Waals surface area contributed by atoms with Gasteiger partial charge in [-0.3, -0.25) is 4.79 Å². The van der Waals surface area contributed by atoms with Crippen LogP contribution in [0.4, 0.5) is 0 Å². The van der Waals surface area contributed by atoms with Gasteiger partial charge in [-0.2, -0.15) is 0 Å². The molecule has 1 fully saturated rings. The quantitative estimate of drug-likeness (QED) is 0.920. The number of aliphatic imine (C=N–C) groups is 1. The van der Waals surface area contributed by atoms with E-state index in [1.54, 1.807) is 13.2 Å². The van der Waals surface area contributed by atoms with E-state index in [4.69, 9.17) is 26.8 Å².